The van der Waals surface area contributed by atoms with Gasteiger partial charge in [0.15, 0.2) is 0 Å². The van der Waals surface area contributed by atoms with E-state index in [1.165, 1.54) is 5.56 Å². The van der Waals surface area contributed by atoms with Crippen molar-refractivity contribution in [1.29, 1.82) is 0 Å². The van der Waals surface area contributed by atoms with Crippen molar-refractivity contribution in [1.82, 2.24) is 0 Å². The van der Waals surface area contributed by atoms with Crippen LogP contribution in [0.5, 0.6) is 0 Å². The second kappa shape index (κ2) is 5.87. The van der Waals surface area contributed by atoms with Crippen molar-refractivity contribution in [2.24, 2.45) is 5.41 Å². The Morgan fingerprint density at radius 2 is 1.55 bits per heavy atom. The van der Waals surface area contributed by atoms with E-state index in [0.29, 0.717) is 6.42 Å². The smallest absolute Gasteiger partial charge is 0.258 e. The molecule has 0 amide bonds. The molecule has 0 unspecified atom stereocenters. The van der Waals surface area contributed by atoms with Crippen molar-refractivity contribution in [2.75, 3.05) is 0 Å². The Morgan fingerprint density at radius 1 is 0.950 bits per heavy atom. The summed E-state index contributed by atoms with van der Waals surface area (Å²) in [4.78, 5) is 10.8. The van der Waals surface area contributed by atoms with E-state index in [2.05, 4.69) is 26.0 Å². The fourth-order valence-corrected chi connectivity index (χ4v) is 2.56. The van der Waals surface area contributed by atoms with Crippen molar-refractivity contribution in [3.63, 3.8) is 0 Å². The molecule has 2 aromatic rings. The highest BCUT2D eigenvalue weighted by Gasteiger charge is 2.23. The van der Waals surface area contributed by atoms with E-state index < -0.39 is 0 Å². The van der Waals surface area contributed by atoms with Gasteiger partial charge >= 0.3 is 0 Å². The van der Waals surface area contributed by atoms with Gasteiger partial charge in [-0.05, 0) is 23.8 Å². The molecule has 0 saturated carbocycles. The number of rotatable bonds is 5. The highest BCUT2D eigenvalue weighted by molar-refractivity contribution is 5.40. The average Bonchev–Trinajstić information content (AvgIpc) is 2.39. The minimum atomic E-state index is -0.298. The number of nitro benzene ring substituents is 1. The molecule has 3 heteroatoms. The maximum Gasteiger partial charge on any atom is 0.272 e. The molecule has 0 aliphatic carbocycles. The molecule has 0 spiro atoms. The van der Waals surface area contributed by atoms with Crippen LogP contribution in [0.15, 0.2) is 54.6 Å². The monoisotopic (exact) mass is 269 g/mol. The summed E-state index contributed by atoms with van der Waals surface area (Å²) in [5, 5.41) is 11.1. The molecule has 0 saturated heterocycles. The van der Waals surface area contributed by atoms with Crippen LogP contribution in [0.4, 0.5) is 5.69 Å². The van der Waals surface area contributed by atoms with Crippen LogP contribution >= 0.6 is 0 Å². The van der Waals surface area contributed by atoms with Crippen LogP contribution in [0.25, 0.3) is 0 Å². The molecule has 0 aliphatic heterocycles. The van der Waals surface area contributed by atoms with Crippen molar-refractivity contribution in [2.45, 2.75) is 26.7 Å². The zero-order valence-electron chi connectivity index (χ0n) is 11.9. The Balaban J connectivity index is 2.18. The van der Waals surface area contributed by atoms with E-state index in [1.54, 1.807) is 12.1 Å². The van der Waals surface area contributed by atoms with Crippen LogP contribution in [0.2, 0.25) is 0 Å². The van der Waals surface area contributed by atoms with Crippen molar-refractivity contribution in [3.8, 4) is 0 Å². The van der Waals surface area contributed by atoms with Crippen LogP contribution in [0.3, 0.4) is 0 Å². The third-order valence-corrected chi connectivity index (χ3v) is 3.38. The number of hydrogen-bond acceptors (Lipinski definition) is 2. The van der Waals surface area contributed by atoms with Gasteiger partial charge in [-0.15, -0.1) is 0 Å². The maximum atomic E-state index is 11.1. The summed E-state index contributed by atoms with van der Waals surface area (Å²) >= 11 is 0. The molecule has 0 atom stereocenters. The summed E-state index contributed by atoms with van der Waals surface area (Å²) < 4.78 is 0. The van der Waals surface area contributed by atoms with E-state index in [0.717, 1.165) is 12.0 Å². The van der Waals surface area contributed by atoms with Crippen LogP contribution in [-0.4, -0.2) is 4.92 Å². The van der Waals surface area contributed by atoms with Crippen LogP contribution in [0, 0.1) is 15.5 Å². The number of nitrogens with zero attached hydrogens (tertiary/aromatic N) is 1. The fraction of sp³-hybridized carbons (Fsp3) is 0.294. The SMILES string of the molecule is CC(C)(Cc1ccccc1)Cc1ccccc1[N+](=O)[O-]. The second-order valence-corrected chi connectivity index (χ2v) is 5.89. The van der Waals surface area contributed by atoms with Gasteiger partial charge in [0, 0.05) is 11.6 Å². The number of para-hydroxylation sites is 1. The third kappa shape index (κ3) is 3.67. The van der Waals surface area contributed by atoms with E-state index >= 15 is 0 Å². The molecule has 0 fully saturated rings. The van der Waals surface area contributed by atoms with Crippen molar-refractivity contribution in [3.05, 3.63) is 75.8 Å². The molecule has 0 heterocycles. The Labute approximate surface area is 119 Å². The van der Waals surface area contributed by atoms with Crippen LogP contribution < -0.4 is 0 Å². The van der Waals surface area contributed by atoms with Gasteiger partial charge in [-0.1, -0.05) is 62.4 Å². The largest absolute Gasteiger partial charge is 0.272 e. The highest BCUT2D eigenvalue weighted by atomic mass is 16.6. The minimum Gasteiger partial charge on any atom is -0.258 e. The molecule has 0 radical (unpaired) electrons. The Morgan fingerprint density at radius 3 is 2.20 bits per heavy atom. The second-order valence-electron chi connectivity index (χ2n) is 5.89. The van der Waals surface area contributed by atoms with E-state index in [9.17, 15) is 10.1 Å². The van der Waals surface area contributed by atoms with Crippen molar-refractivity contribution < 1.29 is 4.92 Å². The van der Waals surface area contributed by atoms with Gasteiger partial charge in [-0.2, -0.15) is 0 Å². The van der Waals surface area contributed by atoms with Gasteiger partial charge in [0.25, 0.3) is 5.69 Å². The zero-order valence-corrected chi connectivity index (χ0v) is 11.9. The van der Waals surface area contributed by atoms with Crippen molar-refractivity contribution >= 4 is 5.69 Å². The molecule has 0 N–H and O–H groups in total. The van der Waals surface area contributed by atoms with Gasteiger partial charge in [-0.3, -0.25) is 10.1 Å². The first-order chi connectivity index (χ1) is 9.48. The maximum absolute atomic E-state index is 11.1. The Bertz CT molecular complexity index is 591. The molecule has 104 valence electrons. The van der Waals surface area contributed by atoms with Gasteiger partial charge in [0.1, 0.15) is 0 Å². The summed E-state index contributed by atoms with van der Waals surface area (Å²) in [5.41, 5.74) is 2.26. The van der Waals surface area contributed by atoms with Gasteiger partial charge in [0.2, 0.25) is 0 Å². The van der Waals surface area contributed by atoms with E-state index in [-0.39, 0.29) is 16.0 Å². The number of nitro groups is 1. The molecule has 0 bridgehead atoms. The summed E-state index contributed by atoms with van der Waals surface area (Å²) in [7, 11) is 0. The molecule has 2 aromatic carbocycles. The number of benzene rings is 2. The summed E-state index contributed by atoms with van der Waals surface area (Å²) in [6, 6.07) is 17.2. The molecule has 20 heavy (non-hydrogen) atoms. The first kappa shape index (κ1) is 14.3. The summed E-state index contributed by atoms with van der Waals surface area (Å²) in [5.74, 6) is 0. The van der Waals surface area contributed by atoms with Crippen LogP contribution in [-0.2, 0) is 12.8 Å². The fourth-order valence-electron chi connectivity index (χ4n) is 2.56. The molecule has 3 nitrogen and oxygen atoms in total. The first-order valence-corrected chi connectivity index (χ1v) is 6.74. The van der Waals surface area contributed by atoms with Crippen LogP contribution in [0.1, 0.15) is 25.0 Å². The average molecular weight is 269 g/mol. The minimum absolute atomic E-state index is 0.0204. The zero-order chi connectivity index (χ0) is 14.6. The molecule has 2 rings (SSSR count). The van der Waals surface area contributed by atoms with Gasteiger partial charge in [-0.25, -0.2) is 0 Å². The summed E-state index contributed by atoms with van der Waals surface area (Å²) in [6.45, 7) is 4.30. The lowest BCUT2D eigenvalue weighted by molar-refractivity contribution is -0.385. The predicted molar refractivity (Wildman–Crippen MR) is 80.7 cm³/mol. The predicted octanol–water partition coefficient (Wildman–Crippen LogP) is 4.41. The normalized spacial score (nSPS) is 11.3. The van der Waals surface area contributed by atoms with E-state index in [1.807, 2.05) is 30.3 Å². The third-order valence-electron chi connectivity index (χ3n) is 3.38. The standard InChI is InChI=1S/C17H19NO2/c1-17(2,12-14-8-4-3-5-9-14)13-15-10-6-7-11-16(15)18(19)20/h3-11H,12-13H2,1-2H3. The Kier molecular flexibility index (Phi) is 4.18. The molecular formula is C17H19NO2. The molecule has 0 aliphatic rings. The summed E-state index contributed by atoms with van der Waals surface area (Å²) in [6.07, 6.45) is 1.60. The number of hydrogen-bond donors (Lipinski definition) is 0. The molecular weight excluding hydrogens is 250 g/mol. The lowest BCUT2D eigenvalue weighted by atomic mass is 9.80. The van der Waals surface area contributed by atoms with Gasteiger partial charge < -0.3 is 0 Å². The lowest BCUT2D eigenvalue weighted by Gasteiger charge is -2.24. The topological polar surface area (TPSA) is 43.1 Å². The Hall–Kier alpha value is -2.16. The highest BCUT2D eigenvalue weighted by Crippen LogP contribution is 2.30. The lowest BCUT2D eigenvalue weighted by Crippen LogP contribution is -2.19. The quantitative estimate of drug-likeness (QED) is 0.596. The first-order valence-electron chi connectivity index (χ1n) is 6.74. The molecule has 0 aromatic heterocycles. The van der Waals surface area contributed by atoms with E-state index in [4.69, 9.17) is 0 Å². The van der Waals surface area contributed by atoms with Gasteiger partial charge in [0.05, 0.1) is 4.92 Å².